The summed E-state index contributed by atoms with van der Waals surface area (Å²) in [4.78, 5) is 6.14. The number of hydrogen-bond donors (Lipinski definition) is 6. The number of nitrogens with zero attached hydrogens (tertiary/aromatic N) is 8. The van der Waals surface area contributed by atoms with Crippen LogP contribution in [-0.2, 0) is 84.8 Å². The van der Waals surface area contributed by atoms with Crippen molar-refractivity contribution >= 4 is 171 Å². The van der Waals surface area contributed by atoms with Crippen molar-refractivity contribution in [1.29, 1.82) is 0 Å². The van der Waals surface area contributed by atoms with Crippen LogP contribution in [0.4, 0.5) is 62.6 Å². The van der Waals surface area contributed by atoms with E-state index in [0.29, 0.717) is 36.4 Å². The number of nitrogens with one attached hydrogen (secondary N) is 1. The van der Waals surface area contributed by atoms with Crippen molar-refractivity contribution in [2.24, 2.45) is 40.9 Å². The molecule has 0 atom stereocenters. The summed E-state index contributed by atoms with van der Waals surface area (Å²) in [7, 11) is -41.4. The minimum Gasteiger partial charge on any atom is -0.870 e. The van der Waals surface area contributed by atoms with Crippen LogP contribution in [0.15, 0.2) is 190 Å². The fourth-order valence-electron chi connectivity index (χ4n) is 8.39. The van der Waals surface area contributed by atoms with E-state index in [1.54, 1.807) is 0 Å². The molecule has 0 aromatic heterocycles. The summed E-state index contributed by atoms with van der Waals surface area (Å²) in [5.41, 5.74) is 3.30. The van der Waals surface area contributed by atoms with Crippen molar-refractivity contribution in [3.05, 3.63) is 121 Å². The Bertz CT molecular complexity index is 5660. The summed E-state index contributed by atoms with van der Waals surface area (Å²) in [5, 5.41) is 65.6. The summed E-state index contributed by atoms with van der Waals surface area (Å²) in [6.07, 6.45) is 0. The first-order valence-electron chi connectivity index (χ1n) is 25.0. The van der Waals surface area contributed by atoms with Gasteiger partial charge in [-0.25, -0.2) is 54.7 Å². The van der Waals surface area contributed by atoms with Crippen molar-refractivity contribution < 1.29 is 296 Å². The molecule has 0 aliphatic heterocycles. The number of benzene rings is 8. The fourth-order valence-corrected chi connectivity index (χ4v) is 14.1. The molecule has 0 fully saturated rings. The molecule has 8 aromatic carbocycles. The number of rotatable bonds is 23. The zero-order valence-corrected chi connectivity index (χ0v) is 71.0. The van der Waals surface area contributed by atoms with Gasteiger partial charge in [-0.2, -0.15) is 32.2 Å². The molecule has 0 heterocycles. The van der Waals surface area contributed by atoms with Gasteiger partial charge in [0.1, 0.15) is 62.4 Å². The van der Waals surface area contributed by atoms with Gasteiger partial charge in [0.25, 0.3) is 16.0 Å². The zero-order valence-electron chi connectivity index (χ0n) is 52.4. The minimum atomic E-state index is -5.71. The zero-order chi connectivity index (χ0) is 70.3. The van der Waals surface area contributed by atoms with Gasteiger partial charge in [0, 0.05) is 22.0 Å². The molecule has 8 aromatic rings. The van der Waals surface area contributed by atoms with Crippen LogP contribution >= 0.6 is 0 Å². The van der Waals surface area contributed by atoms with Crippen molar-refractivity contribution in [1.82, 2.24) is 0 Å². The number of aliphatic hydroxyl groups excluding tert-OH is 1. The maximum atomic E-state index is 14.2. The van der Waals surface area contributed by atoms with Gasteiger partial charge >= 0.3 is 188 Å². The summed E-state index contributed by atoms with van der Waals surface area (Å²) in [6.45, 7) is -1.69. The number of aliphatic hydroxyl groups is 1. The third kappa shape index (κ3) is 23.1. The third-order valence-corrected chi connectivity index (χ3v) is 20.9. The van der Waals surface area contributed by atoms with Crippen LogP contribution < -0.4 is 204 Å². The molecule has 38 nitrogen and oxygen atoms in total. The molecule has 8 N–H and O–H groups in total. The van der Waals surface area contributed by atoms with Gasteiger partial charge in [0.2, 0.25) is 0 Å². The topological polar surface area (TPSA) is 661 Å². The number of hydrogen-bond acceptors (Lipinski definition) is 35. The Morgan fingerprint density at radius 2 is 0.782 bits per heavy atom. The molecule has 0 spiro atoms. The van der Waals surface area contributed by atoms with E-state index in [4.69, 9.17) is 21.1 Å². The molecule has 0 aliphatic carbocycles. The number of amides is 1. The van der Waals surface area contributed by atoms with E-state index in [1.807, 2.05) is 0 Å². The third-order valence-electron chi connectivity index (χ3n) is 12.7. The molecule has 0 radical (unpaired) electrons. The average molecular weight is 1600 g/mol. The first-order valence-corrected chi connectivity index (χ1v) is 36.8. The van der Waals surface area contributed by atoms with Crippen LogP contribution in [0.25, 0.3) is 21.5 Å². The molecular weight excluding hydrogens is 1570 g/mol. The Kier molecular flexibility index (Phi) is 33.9. The van der Waals surface area contributed by atoms with Crippen molar-refractivity contribution in [3.8, 4) is 11.5 Å². The smallest absolute Gasteiger partial charge is 0.870 e. The largest absolute Gasteiger partial charge is 1.00 e. The maximum absolute atomic E-state index is 14.2. The molecule has 0 saturated carbocycles. The number of carbonyl (C=O) groups excluding carboxylic acids is 1. The number of sulfone groups is 2. The number of nitrogen functional groups attached to an aromatic ring is 2. The average Bonchev–Trinajstić information content (AvgIpc) is 0.745. The summed E-state index contributed by atoms with van der Waals surface area (Å²) < 4.78 is 270. The molecule has 52 heteroatoms. The fraction of sp³-hybridized carbons (Fsp3) is 0.0816. The summed E-state index contributed by atoms with van der Waals surface area (Å²) >= 11 is 0. The monoisotopic (exact) mass is 1600 g/mol. The molecule has 0 saturated heterocycles. The van der Waals surface area contributed by atoms with Gasteiger partial charge in [-0.05, 0) is 126 Å². The Labute approximate surface area is 705 Å². The van der Waals surface area contributed by atoms with Crippen LogP contribution in [-0.4, -0.2) is 130 Å². The van der Waals surface area contributed by atoms with Crippen LogP contribution in [0.1, 0.15) is 10.4 Å². The van der Waals surface area contributed by atoms with E-state index in [9.17, 15) is 105 Å². The normalized spacial score (nSPS) is 12.5. The van der Waals surface area contributed by atoms with Crippen LogP contribution in [0.5, 0.6) is 11.5 Å². The molecule has 502 valence electrons. The second kappa shape index (κ2) is 36.5. The van der Waals surface area contributed by atoms with E-state index in [2.05, 4.69) is 50.4 Å². The molecule has 1 amide bonds. The van der Waals surface area contributed by atoms with E-state index in [0.717, 1.165) is 78.9 Å². The Morgan fingerprint density at radius 1 is 0.436 bits per heavy atom. The van der Waals surface area contributed by atoms with Gasteiger partial charge in [0.05, 0.1) is 93.9 Å². The van der Waals surface area contributed by atoms with Crippen LogP contribution in [0, 0.1) is 0 Å². The van der Waals surface area contributed by atoms with Crippen molar-refractivity contribution in [3.63, 3.8) is 0 Å². The number of fused-ring (bicyclic) bond motifs is 2. The van der Waals surface area contributed by atoms with Crippen molar-refractivity contribution in [2.75, 3.05) is 41.5 Å². The molecule has 0 unspecified atom stereocenters. The van der Waals surface area contributed by atoms with Gasteiger partial charge in [0.15, 0.2) is 19.7 Å². The number of carbonyl (C=O) groups is 1. The second-order valence-electron chi connectivity index (χ2n) is 18.9. The Hall–Kier alpha value is -3.37. The van der Waals surface area contributed by atoms with Crippen molar-refractivity contribution in [2.45, 2.75) is 34.3 Å². The SMILES string of the molecule is Nc1c(N=Nc2ccc(S(=O)(=O)CCO)cc2)c(S(=O)(=O)[O-])cc2cc(S(=O)(=O)[O-])c(N=Nc3ccc(C(=O)Nc4ccc(S(=O)(=O)[O-])c(N=Nc5c(S(=O)(=O)O)cc6cc(S(=O)(=O)[O-])c(N=Nc7ccc(S(=O)(=O)CCOS(=O)(=O)O)cc7)c(N)c6c5[O-])c4)cc3)c([O-])c12.[Na+].[Na+].[Na+].[Na+].[Na+].[Na+]. The molecular formula is C49H35N11Na6O27S8. The van der Waals surface area contributed by atoms with E-state index in [1.165, 1.54) is 0 Å². The first kappa shape index (κ1) is 93.7. The Morgan fingerprint density at radius 3 is 1.16 bits per heavy atom. The number of azo groups is 4. The molecule has 0 aliphatic rings. The van der Waals surface area contributed by atoms with Crippen LogP contribution in [0.2, 0.25) is 0 Å². The Balaban J connectivity index is 0.00000578. The van der Waals surface area contributed by atoms with E-state index in [-0.39, 0.29) is 205 Å². The van der Waals surface area contributed by atoms with Gasteiger partial charge < -0.3 is 50.3 Å². The second-order valence-corrected chi connectivity index (χ2v) is 31.0. The van der Waals surface area contributed by atoms with E-state index >= 15 is 0 Å². The van der Waals surface area contributed by atoms with Gasteiger partial charge in [-0.3, -0.25) is 13.9 Å². The van der Waals surface area contributed by atoms with Gasteiger partial charge in [-0.15, -0.1) is 25.6 Å². The molecule has 0 bridgehead atoms. The molecule has 101 heavy (non-hydrogen) atoms. The van der Waals surface area contributed by atoms with E-state index < -0.39 is 219 Å². The van der Waals surface area contributed by atoms with Gasteiger partial charge in [-0.1, -0.05) is 11.5 Å². The predicted molar refractivity (Wildman–Crippen MR) is 316 cm³/mol. The number of anilines is 3. The predicted octanol–water partition coefficient (Wildman–Crippen LogP) is -13.5. The summed E-state index contributed by atoms with van der Waals surface area (Å²) in [5.74, 6) is -5.77. The molecule has 8 rings (SSSR count). The number of nitrogens with two attached hydrogens (primary N) is 2. The quantitative estimate of drug-likeness (QED) is 0.0150. The minimum absolute atomic E-state index is 0. The first-order chi connectivity index (χ1) is 43.9. The van der Waals surface area contributed by atoms with Crippen LogP contribution in [0.3, 0.4) is 0 Å². The standard InChI is InChI=1S/C49H41N11O27S8.6Na/c50-41-39-25(19-35(91(72,73)74)43(41)57-53-28-5-10-31(11-6-28)88(65,66)17-15-61)21-37(93(78,79)80)45(47(39)62)59-55-27-3-1-24(2-4-27)49(64)52-30-9-14-34(90(69,70)71)33(23-30)56-60-46-38(94(81,82)83)22-26-20-36(92(75,76)77)44(42(51)40(26)48(46)63)58-54-29-7-12-32(13-8-29)89(67,68)18-16-87-95(84,85)86;;;;;;/h1-14,19-23,61-63H,15-18,50-51H2,(H,52,64)(H,69,70,71)(H,72,73,74)(H,75,76,77)(H,78,79,80)(H,81,82,83)(H,84,85,86);;;;;;/q;6*+1/p-6. The summed E-state index contributed by atoms with van der Waals surface area (Å²) in [6, 6.07) is 16.0. The maximum Gasteiger partial charge on any atom is 1.00 e.